The van der Waals surface area contributed by atoms with Crippen molar-refractivity contribution in [2.45, 2.75) is 81.2 Å². The van der Waals surface area contributed by atoms with Crippen LogP contribution in [-0.2, 0) is 33.2 Å². The predicted octanol–water partition coefficient (Wildman–Crippen LogP) is 1.84. The fraction of sp³-hybridized carbons (Fsp3) is 0.962. The summed E-state index contributed by atoms with van der Waals surface area (Å²) in [7, 11) is 5.52. The van der Waals surface area contributed by atoms with Crippen LogP contribution in [0.15, 0.2) is 0 Å². The second-order valence-corrected chi connectivity index (χ2v) is 11.9. The number of rotatable bonds is 5. The van der Waals surface area contributed by atoms with Crippen LogP contribution in [0.3, 0.4) is 0 Å². The second-order valence-electron chi connectivity index (χ2n) is 11.9. The molecule has 34 heavy (non-hydrogen) atoms. The molecule has 5 saturated carbocycles. The molecule has 5 aliphatic carbocycles. The molecule has 2 heterocycles. The molecule has 0 aromatic rings. The van der Waals surface area contributed by atoms with E-state index in [4.69, 9.17) is 28.4 Å². The first-order valence-electron chi connectivity index (χ1n) is 13.2. The van der Waals surface area contributed by atoms with E-state index in [1.807, 2.05) is 21.3 Å². The zero-order valence-electron chi connectivity index (χ0n) is 21.0. The summed E-state index contributed by atoms with van der Waals surface area (Å²) >= 11 is 0. The van der Waals surface area contributed by atoms with Gasteiger partial charge < -0.3 is 28.4 Å². The Morgan fingerprint density at radius 1 is 1.09 bits per heavy atom. The van der Waals surface area contributed by atoms with Gasteiger partial charge in [0.15, 0.2) is 5.60 Å². The van der Waals surface area contributed by atoms with Crippen LogP contribution in [0, 0.1) is 35.0 Å². The van der Waals surface area contributed by atoms with Gasteiger partial charge in [0.25, 0.3) is 0 Å². The Bertz CT molecular complexity index is 885. The normalized spacial score (nSPS) is 58.6. The van der Waals surface area contributed by atoms with Crippen LogP contribution >= 0.6 is 0 Å². The van der Waals surface area contributed by atoms with E-state index in [-0.39, 0.29) is 60.5 Å². The highest BCUT2D eigenvalue weighted by atomic mass is 16.7. The second kappa shape index (κ2) is 7.17. The van der Waals surface area contributed by atoms with Crippen molar-refractivity contribution in [3.63, 3.8) is 0 Å². The number of piperidine rings is 1. The van der Waals surface area contributed by atoms with Gasteiger partial charge >= 0.3 is 5.97 Å². The number of carbonyl (C=O) groups excluding carboxylic acids is 1. The molecule has 0 unspecified atom stereocenters. The molecule has 7 aliphatic rings. The average molecular weight is 478 g/mol. The quantitative estimate of drug-likeness (QED) is 0.556. The number of carbonyl (C=O) groups is 1. The van der Waals surface area contributed by atoms with Crippen LogP contribution in [0.1, 0.15) is 39.5 Å². The van der Waals surface area contributed by atoms with Gasteiger partial charge in [-0.1, -0.05) is 6.92 Å². The molecule has 2 aliphatic heterocycles. The molecule has 0 radical (unpaired) electrons. The minimum Gasteiger partial charge on any atom is -0.459 e. The molecular formula is C26H39NO7. The molecule has 7 bridgehead atoms. The summed E-state index contributed by atoms with van der Waals surface area (Å²) < 4.78 is 38.9. The van der Waals surface area contributed by atoms with E-state index in [0.717, 1.165) is 38.8 Å². The molecule has 0 aromatic heterocycles. The van der Waals surface area contributed by atoms with Gasteiger partial charge in [-0.2, -0.15) is 0 Å². The van der Waals surface area contributed by atoms with Crippen molar-refractivity contribution in [2.24, 2.45) is 35.0 Å². The number of hydrogen-bond acceptors (Lipinski definition) is 8. The number of nitrogens with zero attached hydrogens (tertiary/aromatic N) is 1. The number of fused-ring (bicyclic) bond motifs is 1. The minimum atomic E-state index is -0.751. The molecule has 8 nitrogen and oxygen atoms in total. The van der Waals surface area contributed by atoms with Crippen LogP contribution in [0.25, 0.3) is 0 Å². The van der Waals surface area contributed by atoms with E-state index in [9.17, 15) is 4.79 Å². The van der Waals surface area contributed by atoms with Crippen LogP contribution in [0.2, 0.25) is 0 Å². The molecule has 3 spiro atoms. The molecule has 0 N–H and O–H groups in total. The third-order valence-electron chi connectivity index (χ3n) is 11.6. The lowest BCUT2D eigenvalue weighted by atomic mass is 9.45. The van der Waals surface area contributed by atoms with E-state index in [1.54, 1.807) is 0 Å². The summed E-state index contributed by atoms with van der Waals surface area (Å²) in [5.74, 6) is 1.25. The van der Waals surface area contributed by atoms with Crippen molar-refractivity contribution in [2.75, 3.05) is 41.2 Å². The Kier molecular flexibility index (Phi) is 4.73. The predicted molar refractivity (Wildman–Crippen MR) is 120 cm³/mol. The number of likely N-dealkylation sites (N-methyl/N-ethyl adjacent to an activating group) is 1. The third-order valence-corrected chi connectivity index (χ3v) is 11.6. The summed E-state index contributed by atoms with van der Waals surface area (Å²) in [6.07, 6.45) is 3.72. The third kappa shape index (κ3) is 2.11. The summed E-state index contributed by atoms with van der Waals surface area (Å²) in [6, 6.07) is 0.0801. The maximum absolute atomic E-state index is 12.7. The minimum absolute atomic E-state index is 0.0221. The van der Waals surface area contributed by atoms with Gasteiger partial charge in [-0.05, 0) is 37.6 Å². The summed E-state index contributed by atoms with van der Waals surface area (Å²) in [5, 5.41) is 0. The SMILES string of the molecule is CCN1C[C@@H]2CC[C@H](OC)[C@]34[C@@H]2[C@H](OC(C)=O)[C@]2(OCO[C@@]25C[C@H](OC)[C@H]2C[C@@H]3[C@@H]5[C@H]2OC)[C@H]14. The fourth-order valence-corrected chi connectivity index (χ4v) is 11.3. The highest BCUT2D eigenvalue weighted by Gasteiger charge is 2.93. The molecule has 8 heteroatoms. The number of methoxy groups -OCH3 is 3. The highest BCUT2D eigenvalue weighted by Crippen LogP contribution is 2.81. The Balaban J connectivity index is 1.55. The van der Waals surface area contributed by atoms with Crippen molar-refractivity contribution >= 4 is 5.97 Å². The molecule has 13 atom stereocenters. The fourth-order valence-electron chi connectivity index (χ4n) is 11.3. The Labute approximate surface area is 201 Å². The lowest BCUT2D eigenvalue weighted by Gasteiger charge is -2.67. The number of ether oxygens (including phenoxy) is 6. The lowest BCUT2D eigenvalue weighted by Crippen LogP contribution is -2.80. The molecule has 0 aromatic carbocycles. The van der Waals surface area contributed by atoms with Crippen molar-refractivity contribution in [3.8, 4) is 0 Å². The molecule has 7 rings (SSSR count). The van der Waals surface area contributed by atoms with Crippen LogP contribution < -0.4 is 0 Å². The maximum Gasteiger partial charge on any atom is 0.303 e. The van der Waals surface area contributed by atoms with Gasteiger partial charge in [-0.25, -0.2) is 0 Å². The van der Waals surface area contributed by atoms with Gasteiger partial charge in [-0.3, -0.25) is 9.69 Å². The monoisotopic (exact) mass is 477 g/mol. The van der Waals surface area contributed by atoms with E-state index in [0.29, 0.717) is 17.8 Å². The molecular weight excluding hydrogens is 438 g/mol. The zero-order chi connectivity index (χ0) is 23.6. The largest absolute Gasteiger partial charge is 0.459 e. The average Bonchev–Trinajstić information content (AvgIpc) is 3.40. The van der Waals surface area contributed by atoms with Gasteiger partial charge in [0.2, 0.25) is 0 Å². The standard InChI is InChI=1S/C26H39NO7/c1-6-27-11-14-7-8-18(30-4)25-16-9-15-17(29-3)10-24(20(16)21(15)31-5)26(23(25)27,33-12-32-24)22(19(14)25)34-13(2)28/h14-23H,6-12H2,1-5H3/t14-,15+,16+,17-,18-,19-,20+,21-,22-,23+,24+,25-,26-/m0/s1. The lowest BCUT2D eigenvalue weighted by molar-refractivity contribution is -0.275. The van der Waals surface area contributed by atoms with Crippen molar-refractivity contribution in [1.82, 2.24) is 4.90 Å². The van der Waals surface area contributed by atoms with Crippen molar-refractivity contribution < 1.29 is 33.2 Å². The first kappa shape index (κ1) is 22.4. The van der Waals surface area contributed by atoms with E-state index in [1.165, 1.54) is 6.92 Å². The van der Waals surface area contributed by atoms with E-state index >= 15 is 0 Å². The van der Waals surface area contributed by atoms with Gasteiger partial charge in [0.05, 0.1) is 24.4 Å². The number of esters is 1. The van der Waals surface area contributed by atoms with Crippen molar-refractivity contribution in [3.05, 3.63) is 0 Å². The van der Waals surface area contributed by atoms with Crippen LogP contribution in [0.5, 0.6) is 0 Å². The van der Waals surface area contributed by atoms with Gasteiger partial charge in [0.1, 0.15) is 18.5 Å². The molecule has 2 saturated heterocycles. The number of hydrogen-bond donors (Lipinski definition) is 0. The smallest absolute Gasteiger partial charge is 0.303 e. The first-order chi connectivity index (χ1) is 16.5. The summed E-state index contributed by atoms with van der Waals surface area (Å²) in [4.78, 5) is 15.3. The molecule has 7 fully saturated rings. The molecule has 190 valence electrons. The Hall–Kier alpha value is -0.770. The van der Waals surface area contributed by atoms with E-state index in [2.05, 4.69) is 11.8 Å². The zero-order valence-corrected chi connectivity index (χ0v) is 21.0. The van der Waals surface area contributed by atoms with Crippen molar-refractivity contribution in [1.29, 1.82) is 0 Å². The highest BCUT2D eigenvalue weighted by molar-refractivity contribution is 5.67. The first-order valence-corrected chi connectivity index (χ1v) is 13.2. The van der Waals surface area contributed by atoms with Crippen LogP contribution in [-0.4, -0.2) is 93.7 Å². The number of likely N-dealkylation sites (tertiary alicyclic amines) is 1. The van der Waals surface area contributed by atoms with Gasteiger partial charge in [-0.15, -0.1) is 0 Å². The topological polar surface area (TPSA) is 75.7 Å². The van der Waals surface area contributed by atoms with E-state index < -0.39 is 11.2 Å². The summed E-state index contributed by atoms with van der Waals surface area (Å²) in [6.45, 7) is 5.96. The Morgan fingerprint density at radius 3 is 2.59 bits per heavy atom. The van der Waals surface area contributed by atoms with Gasteiger partial charge in [0, 0.05) is 64.4 Å². The van der Waals surface area contributed by atoms with Crippen LogP contribution in [0.4, 0.5) is 0 Å². The molecule has 0 amide bonds. The maximum atomic E-state index is 12.7. The summed E-state index contributed by atoms with van der Waals surface area (Å²) in [5.41, 5.74) is -1.53. The Morgan fingerprint density at radius 2 is 1.91 bits per heavy atom.